The van der Waals surface area contributed by atoms with Crippen molar-refractivity contribution < 1.29 is 19.5 Å². The maximum absolute atomic E-state index is 11.5. The van der Waals surface area contributed by atoms with Crippen LogP contribution in [0.5, 0.6) is 0 Å². The predicted molar refractivity (Wildman–Crippen MR) is 60.3 cm³/mol. The molecule has 0 spiro atoms. The van der Waals surface area contributed by atoms with Crippen molar-refractivity contribution in [1.82, 2.24) is 10.2 Å². The number of rotatable bonds is 6. The van der Waals surface area contributed by atoms with Crippen molar-refractivity contribution >= 4 is 17.8 Å². The third-order valence-electron chi connectivity index (χ3n) is 2.69. The van der Waals surface area contributed by atoms with Crippen LogP contribution in [-0.4, -0.2) is 47.4 Å². The molecule has 1 saturated heterocycles. The summed E-state index contributed by atoms with van der Waals surface area (Å²) in [5.41, 5.74) is 0. The molecule has 6 heteroatoms. The van der Waals surface area contributed by atoms with Gasteiger partial charge in [0.2, 0.25) is 11.8 Å². The summed E-state index contributed by atoms with van der Waals surface area (Å²) in [5.74, 6) is -1.24. The lowest BCUT2D eigenvalue weighted by Crippen LogP contribution is -2.38. The smallest absolute Gasteiger partial charge is 0.303 e. The number of likely N-dealkylation sites (tertiary alicyclic amines) is 1. The number of carboxylic acids is 1. The first kappa shape index (κ1) is 13.5. The number of carbonyl (C=O) groups is 3. The molecule has 0 radical (unpaired) electrons. The van der Waals surface area contributed by atoms with E-state index in [-0.39, 0.29) is 31.2 Å². The molecule has 0 aliphatic carbocycles. The fourth-order valence-corrected chi connectivity index (χ4v) is 1.74. The molecule has 2 amide bonds. The Labute approximate surface area is 100.0 Å². The van der Waals surface area contributed by atoms with E-state index in [2.05, 4.69) is 5.32 Å². The Balaban J connectivity index is 2.10. The predicted octanol–water partition coefficient (Wildman–Crippen LogP) is -0.0201. The van der Waals surface area contributed by atoms with Crippen molar-refractivity contribution in [3.05, 3.63) is 0 Å². The molecule has 0 aromatic rings. The summed E-state index contributed by atoms with van der Waals surface area (Å²) in [6.07, 6.45) is 2.49. The Morgan fingerprint density at radius 1 is 1.12 bits per heavy atom. The van der Waals surface area contributed by atoms with Gasteiger partial charge in [0, 0.05) is 25.9 Å². The molecule has 0 aromatic heterocycles. The number of nitrogens with zero attached hydrogens (tertiary/aromatic N) is 1. The number of carboxylic acid groups (broad SMARTS) is 1. The second-order valence-corrected chi connectivity index (χ2v) is 4.11. The van der Waals surface area contributed by atoms with Gasteiger partial charge in [0.1, 0.15) is 0 Å². The Morgan fingerprint density at radius 2 is 1.76 bits per heavy atom. The number of amides is 2. The molecule has 0 bridgehead atoms. The van der Waals surface area contributed by atoms with E-state index >= 15 is 0 Å². The van der Waals surface area contributed by atoms with Crippen molar-refractivity contribution in [2.45, 2.75) is 32.1 Å². The highest BCUT2D eigenvalue weighted by atomic mass is 16.4. The zero-order chi connectivity index (χ0) is 12.7. The summed E-state index contributed by atoms with van der Waals surface area (Å²) in [6.45, 7) is 1.56. The van der Waals surface area contributed by atoms with Crippen LogP contribution in [0, 0.1) is 0 Å². The van der Waals surface area contributed by atoms with Crippen LogP contribution >= 0.6 is 0 Å². The molecular formula is C11H18N2O4. The van der Waals surface area contributed by atoms with Crippen LogP contribution in [0.2, 0.25) is 0 Å². The molecule has 1 fully saturated rings. The molecular weight excluding hydrogens is 224 g/mol. The van der Waals surface area contributed by atoms with E-state index in [0.29, 0.717) is 6.42 Å². The molecule has 0 aromatic carbocycles. The van der Waals surface area contributed by atoms with Gasteiger partial charge in [-0.2, -0.15) is 0 Å². The van der Waals surface area contributed by atoms with E-state index < -0.39 is 5.97 Å². The minimum Gasteiger partial charge on any atom is -0.481 e. The lowest BCUT2D eigenvalue weighted by molar-refractivity contribution is -0.137. The number of aliphatic carboxylic acids is 1. The second kappa shape index (κ2) is 6.88. The molecule has 2 N–H and O–H groups in total. The average molecular weight is 242 g/mol. The molecule has 1 aliphatic heterocycles. The van der Waals surface area contributed by atoms with Crippen LogP contribution in [0.4, 0.5) is 0 Å². The van der Waals surface area contributed by atoms with Crippen LogP contribution in [0.15, 0.2) is 0 Å². The maximum atomic E-state index is 11.5. The van der Waals surface area contributed by atoms with E-state index in [0.717, 1.165) is 25.9 Å². The third-order valence-corrected chi connectivity index (χ3v) is 2.69. The summed E-state index contributed by atoms with van der Waals surface area (Å²) in [7, 11) is 0. The minimum atomic E-state index is -0.911. The molecule has 0 atom stereocenters. The van der Waals surface area contributed by atoms with Gasteiger partial charge in [0.15, 0.2) is 0 Å². The van der Waals surface area contributed by atoms with Gasteiger partial charge < -0.3 is 15.3 Å². The standard InChI is InChI=1S/C11H18N2O4/c14-9(4-3-5-11(16)17)12-8-10(15)13-6-1-2-7-13/h1-8H2,(H,12,14)(H,16,17). The molecule has 0 unspecified atom stereocenters. The average Bonchev–Trinajstić information content (AvgIpc) is 2.78. The largest absolute Gasteiger partial charge is 0.481 e. The number of carbonyl (C=O) groups excluding carboxylic acids is 2. The Bertz CT molecular complexity index is 298. The van der Waals surface area contributed by atoms with Crippen LogP contribution in [0.25, 0.3) is 0 Å². The van der Waals surface area contributed by atoms with Crippen molar-refractivity contribution in [3.8, 4) is 0 Å². The summed E-state index contributed by atoms with van der Waals surface area (Å²) in [5, 5.41) is 10.9. The first-order valence-corrected chi connectivity index (χ1v) is 5.86. The van der Waals surface area contributed by atoms with E-state index in [1.165, 1.54) is 0 Å². The number of nitrogens with one attached hydrogen (secondary N) is 1. The zero-order valence-corrected chi connectivity index (χ0v) is 9.78. The van der Waals surface area contributed by atoms with Gasteiger partial charge in [-0.05, 0) is 19.3 Å². The fraction of sp³-hybridized carbons (Fsp3) is 0.727. The topological polar surface area (TPSA) is 86.7 Å². The van der Waals surface area contributed by atoms with E-state index in [1.807, 2.05) is 0 Å². The molecule has 96 valence electrons. The molecule has 17 heavy (non-hydrogen) atoms. The van der Waals surface area contributed by atoms with E-state index in [9.17, 15) is 14.4 Å². The van der Waals surface area contributed by atoms with Crippen LogP contribution in [0.3, 0.4) is 0 Å². The molecule has 1 aliphatic rings. The monoisotopic (exact) mass is 242 g/mol. The van der Waals surface area contributed by atoms with Crippen LogP contribution in [-0.2, 0) is 14.4 Å². The molecule has 6 nitrogen and oxygen atoms in total. The van der Waals surface area contributed by atoms with Gasteiger partial charge in [0.25, 0.3) is 0 Å². The van der Waals surface area contributed by atoms with Crippen molar-refractivity contribution in [2.75, 3.05) is 19.6 Å². The Kier molecular flexibility index (Phi) is 5.45. The van der Waals surface area contributed by atoms with Crippen molar-refractivity contribution in [2.24, 2.45) is 0 Å². The van der Waals surface area contributed by atoms with Gasteiger partial charge in [0.05, 0.1) is 6.54 Å². The van der Waals surface area contributed by atoms with Crippen molar-refractivity contribution in [1.29, 1.82) is 0 Å². The van der Waals surface area contributed by atoms with Crippen LogP contribution < -0.4 is 5.32 Å². The van der Waals surface area contributed by atoms with Gasteiger partial charge in [-0.1, -0.05) is 0 Å². The highest BCUT2D eigenvalue weighted by Gasteiger charge is 2.17. The zero-order valence-electron chi connectivity index (χ0n) is 9.78. The summed E-state index contributed by atoms with van der Waals surface area (Å²) < 4.78 is 0. The highest BCUT2D eigenvalue weighted by Crippen LogP contribution is 2.06. The van der Waals surface area contributed by atoms with Crippen molar-refractivity contribution in [3.63, 3.8) is 0 Å². The van der Waals surface area contributed by atoms with Gasteiger partial charge in [-0.3, -0.25) is 14.4 Å². The molecule has 1 rings (SSSR count). The minimum absolute atomic E-state index is 0.0197. The normalized spacial score (nSPS) is 14.7. The first-order chi connectivity index (χ1) is 8.09. The van der Waals surface area contributed by atoms with E-state index in [4.69, 9.17) is 5.11 Å². The maximum Gasteiger partial charge on any atom is 0.303 e. The lowest BCUT2D eigenvalue weighted by atomic mass is 10.2. The van der Waals surface area contributed by atoms with Gasteiger partial charge in [-0.25, -0.2) is 0 Å². The van der Waals surface area contributed by atoms with E-state index in [1.54, 1.807) is 4.90 Å². The number of hydrogen-bond donors (Lipinski definition) is 2. The Morgan fingerprint density at radius 3 is 2.35 bits per heavy atom. The quantitative estimate of drug-likeness (QED) is 0.685. The SMILES string of the molecule is O=C(O)CCCC(=O)NCC(=O)N1CCCC1. The van der Waals surface area contributed by atoms with Gasteiger partial charge >= 0.3 is 5.97 Å². The van der Waals surface area contributed by atoms with Crippen LogP contribution in [0.1, 0.15) is 32.1 Å². The van der Waals surface area contributed by atoms with Gasteiger partial charge in [-0.15, -0.1) is 0 Å². The third kappa shape index (κ3) is 5.33. The summed E-state index contributed by atoms with van der Waals surface area (Å²) in [4.78, 5) is 34.8. The lowest BCUT2D eigenvalue weighted by Gasteiger charge is -2.15. The highest BCUT2D eigenvalue weighted by molar-refractivity contribution is 5.85. The molecule has 1 heterocycles. The second-order valence-electron chi connectivity index (χ2n) is 4.11. The number of hydrogen-bond acceptors (Lipinski definition) is 3. The first-order valence-electron chi connectivity index (χ1n) is 5.86. The summed E-state index contributed by atoms with van der Waals surface area (Å²) >= 11 is 0. The fourth-order valence-electron chi connectivity index (χ4n) is 1.74. The molecule has 0 saturated carbocycles. The summed E-state index contributed by atoms with van der Waals surface area (Å²) in [6, 6.07) is 0. The Hall–Kier alpha value is -1.59.